The summed E-state index contributed by atoms with van der Waals surface area (Å²) in [5.41, 5.74) is 1.20. The highest BCUT2D eigenvalue weighted by Gasteiger charge is 2.28. The number of benzene rings is 2. The number of carbonyl (C=O) groups excluding carboxylic acids is 1. The molecule has 2 aromatic carbocycles. The van der Waals surface area contributed by atoms with Crippen LogP contribution < -0.4 is 18.9 Å². The third kappa shape index (κ3) is 6.25. The second kappa shape index (κ2) is 10.9. The van der Waals surface area contributed by atoms with Crippen LogP contribution in [0, 0.1) is 0 Å². The van der Waals surface area contributed by atoms with Crippen molar-refractivity contribution in [3.05, 3.63) is 47.5 Å². The van der Waals surface area contributed by atoms with E-state index in [4.69, 9.17) is 18.9 Å². The van der Waals surface area contributed by atoms with E-state index in [-0.39, 0.29) is 13.1 Å². The third-order valence-electron chi connectivity index (χ3n) is 4.60. The van der Waals surface area contributed by atoms with E-state index in [0.717, 1.165) is 7.11 Å². The average molecular weight is 454 g/mol. The van der Waals surface area contributed by atoms with Gasteiger partial charge in [-0.2, -0.15) is 4.31 Å². The van der Waals surface area contributed by atoms with E-state index in [1.165, 1.54) is 32.7 Å². The number of hydrogen-bond acceptors (Lipinski definition) is 8. The molecule has 0 aromatic heterocycles. The monoisotopic (exact) mass is 453 g/mol. The van der Waals surface area contributed by atoms with E-state index in [1.54, 1.807) is 36.4 Å². The van der Waals surface area contributed by atoms with Crippen LogP contribution >= 0.6 is 0 Å². The van der Waals surface area contributed by atoms with Crippen molar-refractivity contribution >= 4 is 16.0 Å². The number of methoxy groups -OCH3 is 5. The number of rotatable bonds is 11. The van der Waals surface area contributed by atoms with Gasteiger partial charge in [0.1, 0.15) is 23.0 Å². The predicted molar refractivity (Wildman–Crippen MR) is 114 cm³/mol. The Bertz CT molecular complexity index is 949. The topological polar surface area (TPSA) is 101 Å². The summed E-state index contributed by atoms with van der Waals surface area (Å²) in [5.74, 6) is 0.412. The summed E-state index contributed by atoms with van der Waals surface area (Å²) < 4.78 is 53.0. The normalized spacial score (nSPS) is 11.2. The Morgan fingerprint density at radius 1 is 0.774 bits per heavy atom. The van der Waals surface area contributed by atoms with Crippen molar-refractivity contribution in [1.82, 2.24) is 4.31 Å². The second-order valence-electron chi connectivity index (χ2n) is 6.46. The zero-order chi connectivity index (χ0) is 23.0. The van der Waals surface area contributed by atoms with Crippen molar-refractivity contribution in [2.24, 2.45) is 0 Å². The molecule has 0 heterocycles. The highest BCUT2D eigenvalue weighted by atomic mass is 32.2. The predicted octanol–water partition coefficient (Wildman–Crippen LogP) is 2.23. The summed E-state index contributed by atoms with van der Waals surface area (Å²) in [6.07, 6.45) is 0. The maximum absolute atomic E-state index is 13.0. The molecule has 2 aromatic rings. The molecule has 9 nitrogen and oxygen atoms in total. The Hall–Kier alpha value is -2.98. The maximum atomic E-state index is 13.0. The van der Waals surface area contributed by atoms with E-state index in [9.17, 15) is 13.2 Å². The maximum Gasteiger partial charge on any atom is 0.322 e. The molecule has 31 heavy (non-hydrogen) atoms. The molecule has 0 aliphatic heterocycles. The first-order valence-electron chi connectivity index (χ1n) is 9.24. The Labute approximate surface area is 182 Å². The minimum absolute atomic E-state index is 0.0400. The molecule has 0 unspecified atom stereocenters. The van der Waals surface area contributed by atoms with Crippen molar-refractivity contribution in [3.63, 3.8) is 0 Å². The molecule has 0 aliphatic carbocycles. The van der Waals surface area contributed by atoms with Crippen LogP contribution in [0.25, 0.3) is 0 Å². The summed E-state index contributed by atoms with van der Waals surface area (Å²) in [7, 11) is 3.13. The molecular formula is C21H27NO8S. The lowest BCUT2D eigenvalue weighted by molar-refractivity contribution is -0.137. The Morgan fingerprint density at radius 2 is 1.23 bits per heavy atom. The van der Waals surface area contributed by atoms with Crippen molar-refractivity contribution in [1.29, 1.82) is 0 Å². The fourth-order valence-corrected chi connectivity index (χ4v) is 4.17. The lowest BCUT2D eigenvalue weighted by atomic mass is 10.1. The molecule has 170 valence electrons. The Morgan fingerprint density at radius 3 is 1.58 bits per heavy atom. The molecule has 10 heteroatoms. The smallest absolute Gasteiger partial charge is 0.322 e. The molecule has 0 fully saturated rings. The van der Waals surface area contributed by atoms with Crippen LogP contribution in [-0.4, -0.2) is 60.0 Å². The van der Waals surface area contributed by atoms with Crippen LogP contribution in [0.2, 0.25) is 0 Å². The molecular weight excluding hydrogens is 426 g/mol. The minimum Gasteiger partial charge on any atom is -0.497 e. The lowest BCUT2D eigenvalue weighted by Gasteiger charge is -2.24. The van der Waals surface area contributed by atoms with Gasteiger partial charge in [-0.3, -0.25) is 4.79 Å². The molecule has 0 amide bonds. The van der Waals surface area contributed by atoms with Gasteiger partial charge >= 0.3 is 5.97 Å². The van der Waals surface area contributed by atoms with Crippen molar-refractivity contribution in [2.75, 3.05) is 41.3 Å². The van der Waals surface area contributed by atoms with Crippen molar-refractivity contribution in [3.8, 4) is 23.0 Å². The number of nitrogens with zero attached hydrogens (tertiary/aromatic N) is 1. The molecule has 0 saturated carbocycles. The Kier molecular flexibility index (Phi) is 8.52. The molecule has 0 spiro atoms. The summed E-state index contributed by atoms with van der Waals surface area (Å²) in [5, 5.41) is 0. The first kappa shape index (κ1) is 24.3. The number of carbonyl (C=O) groups is 1. The molecule has 2 rings (SSSR count). The van der Waals surface area contributed by atoms with E-state index in [2.05, 4.69) is 4.74 Å². The zero-order valence-electron chi connectivity index (χ0n) is 18.2. The highest BCUT2D eigenvalue weighted by molar-refractivity contribution is 7.89. The number of hydrogen-bond donors (Lipinski definition) is 0. The average Bonchev–Trinajstić information content (AvgIpc) is 2.78. The van der Waals surface area contributed by atoms with Crippen molar-refractivity contribution < 1.29 is 36.9 Å². The first-order chi connectivity index (χ1) is 14.8. The van der Waals surface area contributed by atoms with Crippen LogP contribution in [0.5, 0.6) is 23.0 Å². The van der Waals surface area contributed by atoms with E-state index < -0.39 is 21.7 Å². The summed E-state index contributed by atoms with van der Waals surface area (Å²) in [6.45, 7) is -0.0800. The van der Waals surface area contributed by atoms with Gasteiger partial charge in [0.2, 0.25) is 10.0 Å². The molecule has 0 saturated heterocycles. The number of esters is 1. The second-order valence-corrected chi connectivity index (χ2v) is 8.42. The molecule has 0 radical (unpaired) electrons. The minimum atomic E-state index is -4.03. The molecule has 0 aliphatic rings. The third-order valence-corrected chi connectivity index (χ3v) is 6.25. The molecule has 0 N–H and O–H groups in total. The van der Waals surface area contributed by atoms with Crippen LogP contribution in [0.1, 0.15) is 11.1 Å². The van der Waals surface area contributed by atoms with Gasteiger partial charge in [-0.15, -0.1) is 0 Å². The van der Waals surface area contributed by atoms with E-state index in [1.807, 2.05) is 0 Å². The number of ether oxygens (including phenoxy) is 5. The standard InChI is InChI=1S/C21H27NO8S/c1-26-17-8-6-15(19(10-17)28-3)12-22(31(24,25)14-21(23)30-5)13-16-7-9-18(27-2)11-20(16)29-4/h6-11H,12-14H2,1-5H3. The van der Waals surface area contributed by atoms with E-state index >= 15 is 0 Å². The van der Waals surface area contributed by atoms with Gasteiger partial charge < -0.3 is 23.7 Å². The lowest BCUT2D eigenvalue weighted by Crippen LogP contribution is -2.35. The van der Waals surface area contributed by atoms with Gasteiger partial charge in [-0.25, -0.2) is 8.42 Å². The number of sulfonamides is 1. The summed E-state index contributed by atoms with van der Waals surface area (Å²) in [4.78, 5) is 11.7. The quantitative estimate of drug-likeness (QED) is 0.478. The van der Waals surface area contributed by atoms with Crippen LogP contribution in [-0.2, 0) is 32.6 Å². The van der Waals surface area contributed by atoms with E-state index in [0.29, 0.717) is 34.1 Å². The molecule has 0 atom stereocenters. The largest absolute Gasteiger partial charge is 0.497 e. The van der Waals surface area contributed by atoms with Gasteiger partial charge in [0.05, 0.1) is 35.5 Å². The summed E-state index contributed by atoms with van der Waals surface area (Å²) in [6, 6.07) is 10.2. The van der Waals surface area contributed by atoms with Gasteiger partial charge in [-0.1, -0.05) is 12.1 Å². The van der Waals surface area contributed by atoms with Gasteiger partial charge in [0.25, 0.3) is 0 Å². The zero-order valence-corrected chi connectivity index (χ0v) is 19.0. The molecule has 0 bridgehead atoms. The SMILES string of the molecule is COC(=O)CS(=O)(=O)N(Cc1ccc(OC)cc1OC)Cc1ccc(OC)cc1OC. The highest BCUT2D eigenvalue weighted by Crippen LogP contribution is 2.30. The van der Waals surface area contributed by atoms with Crippen molar-refractivity contribution in [2.45, 2.75) is 13.1 Å². The Balaban J connectivity index is 2.46. The van der Waals surface area contributed by atoms with Crippen LogP contribution in [0.3, 0.4) is 0 Å². The van der Waals surface area contributed by atoms with Crippen LogP contribution in [0.4, 0.5) is 0 Å². The van der Waals surface area contributed by atoms with Gasteiger partial charge in [-0.05, 0) is 12.1 Å². The first-order valence-corrected chi connectivity index (χ1v) is 10.8. The summed E-state index contributed by atoms with van der Waals surface area (Å²) >= 11 is 0. The van der Waals surface area contributed by atoms with Gasteiger partial charge in [0, 0.05) is 36.3 Å². The van der Waals surface area contributed by atoms with Crippen LogP contribution in [0.15, 0.2) is 36.4 Å². The van der Waals surface area contributed by atoms with Gasteiger partial charge in [0.15, 0.2) is 5.75 Å². The fraction of sp³-hybridized carbons (Fsp3) is 0.381. The fourth-order valence-electron chi connectivity index (χ4n) is 2.90.